The second-order valence-electron chi connectivity index (χ2n) is 2.76. The minimum Gasteiger partial charge on any atom is -0.465 e. The molecule has 5 heteroatoms. The molecule has 0 radical (unpaired) electrons. The van der Waals surface area contributed by atoms with Crippen LogP contribution in [0.4, 0.5) is 9.18 Å². The number of carboxylic acid groups (broad SMARTS) is 1. The van der Waals surface area contributed by atoms with Crippen LogP contribution in [0.1, 0.15) is 6.42 Å². The predicted molar refractivity (Wildman–Crippen MR) is 35.1 cm³/mol. The third kappa shape index (κ3) is 1.59. The van der Waals surface area contributed by atoms with Gasteiger partial charge >= 0.3 is 6.09 Å². The molecule has 0 spiro atoms. The molecular weight excluding hydrogens is 153 g/mol. The minimum absolute atomic E-state index is 0.0931. The number of aliphatic hydroxyl groups excluding tert-OH is 1. The summed E-state index contributed by atoms with van der Waals surface area (Å²) in [5.41, 5.74) is -1.71. The van der Waals surface area contributed by atoms with Crippen molar-refractivity contribution in [2.75, 3.05) is 19.7 Å². The Morgan fingerprint density at radius 2 is 2.36 bits per heavy atom. The third-order valence-electron chi connectivity index (χ3n) is 1.86. The van der Waals surface area contributed by atoms with Crippen molar-refractivity contribution in [2.24, 2.45) is 0 Å². The fraction of sp³-hybridized carbons (Fsp3) is 0.833. The van der Waals surface area contributed by atoms with Gasteiger partial charge in [0.25, 0.3) is 0 Å². The van der Waals surface area contributed by atoms with E-state index < -0.39 is 18.4 Å². The van der Waals surface area contributed by atoms with Crippen molar-refractivity contribution >= 4 is 6.09 Å². The molecule has 1 atom stereocenters. The highest BCUT2D eigenvalue weighted by molar-refractivity contribution is 5.65. The van der Waals surface area contributed by atoms with Crippen LogP contribution in [0.25, 0.3) is 0 Å². The normalized spacial score (nSPS) is 30.9. The molecule has 1 aliphatic heterocycles. The van der Waals surface area contributed by atoms with Crippen molar-refractivity contribution in [1.29, 1.82) is 0 Å². The predicted octanol–water partition coefficient (Wildman–Crippen LogP) is 0.0707. The number of halogens is 1. The first-order valence-electron chi connectivity index (χ1n) is 3.35. The summed E-state index contributed by atoms with van der Waals surface area (Å²) in [6, 6.07) is 0. The van der Waals surface area contributed by atoms with E-state index in [0.29, 0.717) is 0 Å². The Morgan fingerprint density at radius 3 is 2.64 bits per heavy atom. The zero-order valence-electron chi connectivity index (χ0n) is 5.96. The average Bonchev–Trinajstić information content (AvgIpc) is 2.33. The number of hydrogen-bond acceptors (Lipinski definition) is 2. The largest absolute Gasteiger partial charge is 0.465 e. The van der Waals surface area contributed by atoms with Gasteiger partial charge in [0.1, 0.15) is 0 Å². The fourth-order valence-electron chi connectivity index (χ4n) is 1.13. The number of likely N-dealkylation sites (tertiary alicyclic amines) is 1. The van der Waals surface area contributed by atoms with E-state index >= 15 is 0 Å². The topological polar surface area (TPSA) is 60.8 Å². The van der Waals surface area contributed by atoms with Crippen LogP contribution in [0.5, 0.6) is 0 Å². The highest BCUT2D eigenvalue weighted by atomic mass is 19.1. The molecule has 0 aliphatic carbocycles. The first-order valence-corrected chi connectivity index (χ1v) is 3.35. The van der Waals surface area contributed by atoms with Gasteiger partial charge in [-0.15, -0.1) is 0 Å². The van der Waals surface area contributed by atoms with Gasteiger partial charge in [-0.05, 0) is 0 Å². The molecule has 1 heterocycles. The van der Waals surface area contributed by atoms with Gasteiger partial charge in [0.05, 0.1) is 13.2 Å². The first kappa shape index (κ1) is 8.26. The van der Waals surface area contributed by atoms with Crippen LogP contribution in [-0.2, 0) is 0 Å². The van der Waals surface area contributed by atoms with E-state index in [1.165, 1.54) is 0 Å². The maximum atomic E-state index is 13.1. The van der Waals surface area contributed by atoms with Crippen LogP contribution in [0, 0.1) is 0 Å². The molecule has 0 aromatic carbocycles. The molecule has 1 amide bonds. The number of rotatable bonds is 1. The molecule has 0 unspecified atom stereocenters. The Morgan fingerprint density at radius 1 is 1.73 bits per heavy atom. The second kappa shape index (κ2) is 2.65. The van der Waals surface area contributed by atoms with E-state index in [4.69, 9.17) is 10.2 Å². The molecule has 0 bridgehead atoms. The van der Waals surface area contributed by atoms with Crippen LogP contribution in [0.15, 0.2) is 0 Å². The Bertz CT molecular complexity index is 175. The number of carbonyl (C=O) groups is 1. The van der Waals surface area contributed by atoms with Crippen molar-refractivity contribution in [3.8, 4) is 0 Å². The van der Waals surface area contributed by atoms with Gasteiger partial charge in [0, 0.05) is 13.0 Å². The monoisotopic (exact) mass is 163 g/mol. The summed E-state index contributed by atoms with van der Waals surface area (Å²) in [5.74, 6) is 0. The highest BCUT2D eigenvalue weighted by Gasteiger charge is 2.39. The summed E-state index contributed by atoms with van der Waals surface area (Å²) in [7, 11) is 0. The van der Waals surface area contributed by atoms with E-state index in [0.717, 1.165) is 4.90 Å². The molecule has 11 heavy (non-hydrogen) atoms. The van der Waals surface area contributed by atoms with Crippen LogP contribution < -0.4 is 0 Å². The van der Waals surface area contributed by atoms with Crippen molar-refractivity contribution in [3.05, 3.63) is 0 Å². The lowest BCUT2D eigenvalue weighted by atomic mass is 10.1. The zero-order valence-corrected chi connectivity index (χ0v) is 5.96. The van der Waals surface area contributed by atoms with Gasteiger partial charge in [0.15, 0.2) is 5.67 Å². The molecule has 1 fully saturated rings. The van der Waals surface area contributed by atoms with Gasteiger partial charge in [-0.1, -0.05) is 0 Å². The van der Waals surface area contributed by atoms with Gasteiger partial charge in [0.2, 0.25) is 0 Å². The third-order valence-corrected chi connectivity index (χ3v) is 1.86. The molecule has 1 rings (SSSR count). The number of nitrogens with zero attached hydrogens (tertiary/aromatic N) is 1. The number of aliphatic hydroxyl groups is 1. The van der Waals surface area contributed by atoms with E-state index in [1.54, 1.807) is 0 Å². The molecule has 4 nitrogen and oxygen atoms in total. The Labute approximate surface area is 63.2 Å². The van der Waals surface area contributed by atoms with Crippen molar-refractivity contribution in [3.63, 3.8) is 0 Å². The summed E-state index contributed by atoms with van der Waals surface area (Å²) < 4.78 is 13.1. The lowest BCUT2D eigenvalue weighted by Crippen LogP contribution is -2.34. The standard InChI is InChI=1S/C6H10FNO3/c7-6(4-9)1-2-8(3-6)5(10)11/h9H,1-4H2,(H,10,11)/t6-/m0/s1. The summed E-state index contributed by atoms with van der Waals surface area (Å²) in [4.78, 5) is 11.3. The lowest BCUT2D eigenvalue weighted by molar-refractivity contribution is 0.0761. The van der Waals surface area contributed by atoms with Crippen LogP contribution in [0.2, 0.25) is 0 Å². The van der Waals surface area contributed by atoms with Gasteiger partial charge < -0.3 is 15.1 Å². The minimum atomic E-state index is -1.71. The molecule has 1 aliphatic rings. The van der Waals surface area contributed by atoms with Gasteiger partial charge in [-0.3, -0.25) is 0 Å². The van der Waals surface area contributed by atoms with Crippen molar-refractivity contribution < 1.29 is 19.4 Å². The van der Waals surface area contributed by atoms with Crippen molar-refractivity contribution in [1.82, 2.24) is 4.90 Å². The maximum Gasteiger partial charge on any atom is 0.407 e. The number of amides is 1. The summed E-state index contributed by atoms with van der Waals surface area (Å²) in [6.45, 7) is -0.637. The fourth-order valence-corrected chi connectivity index (χ4v) is 1.13. The van der Waals surface area contributed by atoms with Crippen molar-refractivity contribution in [2.45, 2.75) is 12.1 Å². The van der Waals surface area contributed by atoms with Crippen LogP contribution in [-0.4, -0.2) is 46.6 Å². The van der Waals surface area contributed by atoms with Gasteiger partial charge in [-0.25, -0.2) is 9.18 Å². The Balaban J connectivity index is 2.53. The molecule has 2 N–H and O–H groups in total. The lowest BCUT2D eigenvalue weighted by Gasteiger charge is -2.15. The van der Waals surface area contributed by atoms with E-state index in [1.807, 2.05) is 0 Å². The SMILES string of the molecule is O=C(O)N1CC[C@@](F)(CO)C1. The average molecular weight is 163 g/mol. The molecule has 0 aromatic heterocycles. The maximum absolute atomic E-state index is 13.1. The second-order valence-corrected chi connectivity index (χ2v) is 2.76. The van der Waals surface area contributed by atoms with Crippen LogP contribution >= 0.6 is 0 Å². The molecule has 0 saturated carbocycles. The smallest absolute Gasteiger partial charge is 0.407 e. The summed E-state index contributed by atoms with van der Waals surface area (Å²) in [6.07, 6.45) is -1.03. The summed E-state index contributed by atoms with van der Waals surface area (Å²) in [5, 5.41) is 16.9. The number of hydrogen-bond donors (Lipinski definition) is 2. The Kier molecular flexibility index (Phi) is 1.99. The first-order chi connectivity index (χ1) is 5.07. The van der Waals surface area contributed by atoms with Gasteiger partial charge in [-0.2, -0.15) is 0 Å². The number of alkyl halides is 1. The molecular formula is C6H10FNO3. The zero-order chi connectivity index (χ0) is 8.48. The highest BCUT2D eigenvalue weighted by Crippen LogP contribution is 2.24. The Hall–Kier alpha value is -0.840. The summed E-state index contributed by atoms with van der Waals surface area (Å²) >= 11 is 0. The van der Waals surface area contributed by atoms with E-state index in [2.05, 4.69) is 0 Å². The molecule has 1 saturated heterocycles. The van der Waals surface area contributed by atoms with E-state index in [-0.39, 0.29) is 19.5 Å². The van der Waals surface area contributed by atoms with Crippen LogP contribution in [0.3, 0.4) is 0 Å². The molecule has 64 valence electrons. The quantitative estimate of drug-likeness (QED) is 0.575. The van der Waals surface area contributed by atoms with E-state index in [9.17, 15) is 9.18 Å². The molecule has 0 aromatic rings.